The Morgan fingerprint density at radius 1 is 0.889 bits per heavy atom. The standard InChI is InChI=1S/C12H9Cl2O2PS/c13-10-5-4-8-12(9-10)16-17(14,18)15-11-6-2-1-3-7-11/h1-9H. The highest BCUT2D eigenvalue weighted by Crippen LogP contribution is 2.53. The Morgan fingerprint density at radius 3 is 2.17 bits per heavy atom. The lowest BCUT2D eigenvalue weighted by molar-refractivity contribution is 0.505. The third kappa shape index (κ3) is 4.18. The first-order chi connectivity index (χ1) is 8.55. The van der Waals surface area contributed by atoms with Crippen molar-refractivity contribution < 1.29 is 9.05 Å². The van der Waals surface area contributed by atoms with Crippen LogP contribution in [0.3, 0.4) is 0 Å². The molecule has 1 atom stereocenters. The first-order valence-electron chi connectivity index (χ1n) is 5.05. The van der Waals surface area contributed by atoms with Gasteiger partial charge in [-0.15, -0.1) is 0 Å². The minimum Gasteiger partial charge on any atom is -0.425 e. The third-order valence-electron chi connectivity index (χ3n) is 1.97. The monoisotopic (exact) mass is 318 g/mol. The molecule has 0 aliphatic carbocycles. The van der Waals surface area contributed by atoms with Gasteiger partial charge in [-0.25, -0.2) is 0 Å². The van der Waals surface area contributed by atoms with Gasteiger partial charge in [0.25, 0.3) is 0 Å². The van der Waals surface area contributed by atoms with Crippen LogP contribution in [-0.4, -0.2) is 0 Å². The van der Waals surface area contributed by atoms with Crippen molar-refractivity contribution in [3.05, 3.63) is 59.6 Å². The maximum atomic E-state index is 6.10. The highest BCUT2D eigenvalue weighted by Gasteiger charge is 2.18. The van der Waals surface area contributed by atoms with E-state index >= 15 is 0 Å². The Labute approximate surface area is 120 Å². The van der Waals surface area contributed by atoms with Crippen LogP contribution in [0.15, 0.2) is 54.6 Å². The van der Waals surface area contributed by atoms with Gasteiger partial charge in [0.1, 0.15) is 11.5 Å². The quantitative estimate of drug-likeness (QED) is 0.716. The van der Waals surface area contributed by atoms with Crippen molar-refractivity contribution in [1.82, 2.24) is 0 Å². The molecule has 0 amide bonds. The summed E-state index contributed by atoms with van der Waals surface area (Å²) in [6, 6.07) is 15.9. The molecular formula is C12H9Cl2O2PS. The van der Waals surface area contributed by atoms with E-state index in [1.807, 2.05) is 18.2 Å². The van der Waals surface area contributed by atoms with Crippen molar-refractivity contribution in [2.45, 2.75) is 0 Å². The van der Waals surface area contributed by atoms with Gasteiger partial charge in [-0.2, -0.15) is 0 Å². The molecule has 0 saturated carbocycles. The number of hydrogen-bond acceptors (Lipinski definition) is 3. The second kappa shape index (κ2) is 5.94. The van der Waals surface area contributed by atoms with Crippen LogP contribution in [0.5, 0.6) is 11.5 Å². The van der Waals surface area contributed by atoms with Crippen molar-refractivity contribution in [3.63, 3.8) is 0 Å². The minimum atomic E-state index is -2.91. The Balaban J connectivity index is 2.10. The first-order valence-corrected chi connectivity index (χ1v) is 8.97. The van der Waals surface area contributed by atoms with Crippen molar-refractivity contribution in [2.75, 3.05) is 0 Å². The Hall–Kier alpha value is -0.730. The smallest absolute Gasteiger partial charge is 0.384 e. The predicted molar refractivity (Wildman–Crippen MR) is 79.3 cm³/mol. The molecule has 94 valence electrons. The molecule has 1 unspecified atom stereocenters. The molecule has 6 heteroatoms. The molecular weight excluding hydrogens is 310 g/mol. The topological polar surface area (TPSA) is 18.5 Å². The van der Waals surface area contributed by atoms with E-state index in [2.05, 4.69) is 0 Å². The van der Waals surface area contributed by atoms with Crippen LogP contribution < -0.4 is 9.05 Å². The molecule has 0 bridgehead atoms. The summed E-state index contributed by atoms with van der Waals surface area (Å²) in [5.74, 6) is -1.83. The number of hydrogen-bond donors (Lipinski definition) is 0. The van der Waals surface area contributed by atoms with Gasteiger partial charge >= 0.3 is 5.84 Å². The molecule has 0 aliphatic rings. The van der Waals surface area contributed by atoms with E-state index < -0.39 is 5.84 Å². The zero-order valence-corrected chi connectivity index (χ0v) is 12.3. The summed E-state index contributed by atoms with van der Waals surface area (Å²) in [4.78, 5) is 0. The highest BCUT2D eigenvalue weighted by atomic mass is 35.7. The number of rotatable bonds is 4. The lowest BCUT2D eigenvalue weighted by Crippen LogP contribution is -1.94. The first kappa shape index (κ1) is 13.7. The molecule has 0 spiro atoms. The minimum absolute atomic E-state index is 0.497. The van der Waals surface area contributed by atoms with Crippen LogP contribution >= 0.6 is 28.7 Å². The fraction of sp³-hybridized carbons (Fsp3) is 0. The van der Waals surface area contributed by atoms with Crippen LogP contribution in [0.4, 0.5) is 0 Å². The Morgan fingerprint density at radius 2 is 1.50 bits per heavy atom. The number of halogens is 2. The Kier molecular flexibility index (Phi) is 4.52. The van der Waals surface area contributed by atoms with E-state index in [1.54, 1.807) is 36.4 Å². The van der Waals surface area contributed by atoms with E-state index in [4.69, 9.17) is 43.7 Å². The molecule has 0 fully saturated rings. The van der Waals surface area contributed by atoms with Crippen LogP contribution in [0, 0.1) is 0 Å². The molecule has 2 rings (SSSR count). The normalized spacial score (nSPS) is 13.7. The van der Waals surface area contributed by atoms with Gasteiger partial charge in [-0.05, 0) is 41.6 Å². The van der Waals surface area contributed by atoms with Gasteiger partial charge < -0.3 is 9.05 Å². The molecule has 0 heterocycles. The van der Waals surface area contributed by atoms with E-state index in [1.165, 1.54) is 0 Å². The van der Waals surface area contributed by atoms with Crippen molar-refractivity contribution >= 4 is 40.5 Å². The molecule has 2 nitrogen and oxygen atoms in total. The van der Waals surface area contributed by atoms with Gasteiger partial charge in [0.2, 0.25) is 0 Å². The van der Waals surface area contributed by atoms with Crippen LogP contribution in [0.2, 0.25) is 5.02 Å². The summed E-state index contributed by atoms with van der Waals surface area (Å²) in [6.07, 6.45) is 0. The second-order valence-electron chi connectivity index (χ2n) is 3.38. The fourth-order valence-corrected chi connectivity index (χ4v) is 3.23. The summed E-state index contributed by atoms with van der Waals surface area (Å²) in [7, 11) is 0. The third-order valence-corrected chi connectivity index (χ3v) is 3.92. The zero-order valence-electron chi connectivity index (χ0n) is 9.12. The van der Waals surface area contributed by atoms with E-state index in [-0.39, 0.29) is 0 Å². The van der Waals surface area contributed by atoms with Gasteiger partial charge in [0, 0.05) is 16.8 Å². The fourth-order valence-electron chi connectivity index (χ4n) is 1.28. The Bertz CT molecular complexity index is 577. The highest BCUT2D eigenvalue weighted by molar-refractivity contribution is 8.22. The van der Waals surface area contributed by atoms with Crippen LogP contribution in [0.25, 0.3) is 0 Å². The van der Waals surface area contributed by atoms with Crippen molar-refractivity contribution in [1.29, 1.82) is 0 Å². The lowest BCUT2D eigenvalue weighted by atomic mass is 10.3. The maximum Gasteiger partial charge on any atom is 0.384 e. The summed E-state index contributed by atoms with van der Waals surface area (Å²) in [5.41, 5.74) is 0. The number of benzene rings is 2. The summed E-state index contributed by atoms with van der Waals surface area (Å²) in [5, 5.41) is 0.555. The summed E-state index contributed by atoms with van der Waals surface area (Å²) >= 11 is 17.1. The zero-order chi connectivity index (χ0) is 13.0. The molecule has 0 aliphatic heterocycles. The molecule has 2 aromatic rings. The summed E-state index contributed by atoms with van der Waals surface area (Å²) < 4.78 is 10.9. The van der Waals surface area contributed by atoms with Gasteiger partial charge in [-0.3, -0.25) is 0 Å². The van der Waals surface area contributed by atoms with Gasteiger partial charge in [-0.1, -0.05) is 35.9 Å². The summed E-state index contributed by atoms with van der Waals surface area (Å²) in [6.45, 7) is 0. The molecule has 0 N–H and O–H groups in total. The van der Waals surface area contributed by atoms with E-state index in [9.17, 15) is 0 Å². The molecule has 18 heavy (non-hydrogen) atoms. The van der Waals surface area contributed by atoms with Gasteiger partial charge in [0.05, 0.1) is 0 Å². The molecule has 0 saturated heterocycles. The van der Waals surface area contributed by atoms with E-state index in [0.29, 0.717) is 16.5 Å². The van der Waals surface area contributed by atoms with Gasteiger partial charge in [0.15, 0.2) is 0 Å². The number of para-hydroxylation sites is 1. The second-order valence-corrected chi connectivity index (χ2v) is 8.43. The maximum absolute atomic E-state index is 6.10. The van der Waals surface area contributed by atoms with Crippen LogP contribution in [0.1, 0.15) is 0 Å². The van der Waals surface area contributed by atoms with E-state index in [0.717, 1.165) is 0 Å². The van der Waals surface area contributed by atoms with Crippen LogP contribution in [-0.2, 0) is 11.8 Å². The predicted octanol–water partition coefficient (Wildman–Crippen LogP) is 5.26. The average molecular weight is 319 g/mol. The van der Waals surface area contributed by atoms with Crippen molar-refractivity contribution in [2.24, 2.45) is 0 Å². The SMILES string of the molecule is S=P(Cl)(Oc1ccccc1)Oc1cccc(Cl)c1. The van der Waals surface area contributed by atoms with Crippen molar-refractivity contribution in [3.8, 4) is 11.5 Å². The molecule has 0 aromatic heterocycles. The molecule has 0 radical (unpaired) electrons. The largest absolute Gasteiger partial charge is 0.425 e. The average Bonchev–Trinajstić information content (AvgIpc) is 2.28. The lowest BCUT2D eigenvalue weighted by Gasteiger charge is -2.17. The molecule has 2 aromatic carbocycles.